The SMILES string of the molecule is CCc1ccccc1NC(=O)C[NH+]1CCN(C(=O)CNC(=O)Cc2ccccc2)CC1. The summed E-state index contributed by atoms with van der Waals surface area (Å²) >= 11 is 0. The Morgan fingerprint density at radius 3 is 2.32 bits per heavy atom. The number of carbonyl (C=O) groups excluding carboxylic acids is 3. The summed E-state index contributed by atoms with van der Waals surface area (Å²) in [6, 6.07) is 17.3. The van der Waals surface area contributed by atoms with E-state index in [1.165, 1.54) is 0 Å². The van der Waals surface area contributed by atoms with Crippen molar-refractivity contribution in [2.75, 3.05) is 44.6 Å². The fraction of sp³-hybridized carbons (Fsp3) is 0.375. The summed E-state index contributed by atoms with van der Waals surface area (Å²) in [6.07, 6.45) is 1.13. The number of nitrogens with one attached hydrogen (secondary N) is 3. The molecular formula is C24H31N4O3+. The van der Waals surface area contributed by atoms with Crippen molar-refractivity contribution >= 4 is 23.4 Å². The molecule has 1 heterocycles. The molecule has 7 heteroatoms. The Labute approximate surface area is 183 Å². The number of anilines is 1. The van der Waals surface area contributed by atoms with E-state index in [9.17, 15) is 14.4 Å². The van der Waals surface area contributed by atoms with Gasteiger partial charge in [-0.15, -0.1) is 0 Å². The van der Waals surface area contributed by atoms with Crippen molar-refractivity contribution in [3.05, 3.63) is 65.7 Å². The van der Waals surface area contributed by atoms with E-state index in [1.54, 1.807) is 4.90 Å². The van der Waals surface area contributed by atoms with Crippen LogP contribution in [-0.4, -0.2) is 61.9 Å². The molecule has 0 bridgehead atoms. The first-order valence-electron chi connectivity index (χ1n) is 10.8. The molecule has 0 spiro atoms. The van der Waals surface area contributed by atoms with Crippen molar-refractivity contribution in [3.63, 3.8) is 0 Å². The number of aryl methyl sites for hydroxylation is 1. The Morgan fingerprint density at radius 2 is 1.61 bits per heavy atom. The number of carbonyl (C=O) groups is 3. The largest absolute Gasteiger partial charge is 0.347 e. The van der Waals surface area contributed by atoms with Gasteiger partial charge in [0.2, 0.25) is 11.8 Å². The van der Waals surface area contributed by atoms with Gasteiger partial charge in [0.25, 0.3) is 5.91 Å². The number of para-hydroxylation sites is 1. The topological polar surface area (TPSA) is 82.9 Å². The van der Waals surface area contributed by atoms with Crippen LogP contribution in [0.4, 0.5) is 5.69 Å². The monoisotopic (exact) mass is 423 g/mol. The lowest BCUT2D eigenvalue weighted by Crippen LogP contribution is -3.15. The van der Waals surface area contributed by atoms with Crippen molar-refractivity contribution in [2.45, 2.75) is 19.8 Å². The third-order valence-electron chi connectivity index (χ3n) is 5.55. The van der Waals surface area contributed by atoms with Crippen molar-refractivity contribution in [1.29, 1.82) is 0 Å². The molecule has 2 aromatic carbocycles. The number of quaternary nitrogens is 1. The zero-order valence-electron chi connectivity index (χ0n) is 18.0. The number of benzene rings is 2. The lowest BCUT2D eigenvalue weighted by atomic mass is 10.1. The van der Waals surface area contributed by atoms with E-state index in [0.717, 1.165) is 28.1 Å². The van der Waals surface area contributed by atoms with Crippen LogP contribution in [-0.2, 0) is 27.2 Å². The van der Waals surface area contributed by atoms with Gasteiger partial charge in [-0.1, -0.05) is 55.5 Å². The van der Waals surface area contributed by atoms with Crippen LogP contribution in [0.2, 0.25) is 0 Å². The summed E-state index contributed by atoms with van der Waals surface area (Å²) in [5.41, 5.74) is 2.91. The second-order valence-electron chi connectivity index (χ2n) is 7.81. The number of nitrogens with zero attached hydrogens (tertiary/aromatic N) is 1. The van der Waals surface area contributed by atoms with Crippen molar-refractivity contribution in [3.8, 4) is 0 Å². The van der Waals surface area contributed by atoms with Crippen LogP contribution in [0.25, 0.3) is 0 Å². The number of hydrogen-bond donors (Lipinski definition) is 3. The summed E-state index contributed by atoms with van der Waals surface area (Å²) in [6.45, 7) is 5.06. The Morgan fingerprint density at radius 1 is 0.935 bits per heavy atom. The summed E-state index contributed by atoms with van der Waals surface area (Å²) in [7, 11) is 0. The predicted octanol–water partition coefficient (Wildman–Crippen LogP) is 0.274. The quantitative estimate of drug-likeness (QED) is 0.570. The van der Waals surface area contributed by atoms with E-state index in [2.05, 4.69) is 17.6 Å². The molecule has 1 aliphatic rings. The molecule has 3 amide bonds. The molecular weight excluding hydrogens is 392 g/mol. The fourth-order valence-electron chi connectivity index (χ4n) is 3.75. The van der Waals surface area contributed by atoms with Crippen molar-refractivity contribution < 1.29 is 19.3 Å². The maximum Gasteiger partial charge on any atom is 0.279 e. The van der Waals surface area contributed by atoms with E-state index in [-0.39, 0.29) is 30.7 Å². The smallest absolute Gasteiger partial charge is 0.279 e. The van der Waals surface area contributed by atoms with Gasteiger partial charge in [0.05, 0.1) is 39.1 Å². The van der Waals surface area contributed by atoms with Crippen LogP contribution < -0.4 is 15.5 Å². The molecule has 1 fully saturated rings. The van der Waals surface area contributed by atoms with Gasteiger partial charge in [-0.2, -0.15) is 0 Å². The van der Waals surface area contributed by atoms with E-state index in [0.29, 0.717) is 32.7 Å². The lowest BCUT2D eigenvalue weighted by Gasteiger charge is -2.32. The van der Waals surface area contributed by atoms with E-state index in [4.69, 9.17) is 0 Å². The second kappa shape index (κ2) is 11.3. The van der Waals surface area contributed by atoms with Gasteiger partial charge >= 0.3 is 0 Å². The van der Waals surface area contributed by atoms with Gasteiger partial charge in [0.1, 0.15) is 0 Å². The minimum atomic E-state index is -0.159. The molecule has 3 N–H and O–H groups in total. The normalized spacial score (nSPS) is 14.2. The minimum absolute atomic E-state index is 0.00921. The van der Waals surface area contributed by atoms with Gasteiger partial charge in [-0.05, 0) is 23.6 Å². The van der Waals surface area contributed by atoms with Gasteiger partial charge in [-0.25, -0.2) is 0 Å². The number of amides is 3. The van der Waals surface area contributed by atoms with Gasteiger partial charge in [-0.3, -0.25) is 14.4 Å². The molecule has 0 aliphatic carbocycles. The lowest BCUT2D eigenvalue weighted by molar-refractivity contribution is -0.895. The van der Waals surface area contributed by atoms with E-state index >= 15 is 0 Å². The summed E-state index contributed by atoms with van der Waals surface area (Å²) in [5.74, 6) is -0.251. The van der Waals surface area contributed by atoms with Crippen molar-refractivity contribution in [2.24, 2.45) is 0 Å². The van der Waals surface area contributed by atoms with Gasteiger partial charge in [0.15, 0.2) is 6.54 Å². The van der Waals surface area contributed by atoms with Crippen LogP contribution in [0.3, 0.4) is 0 Å². The zero-order valence-corrected chi connectivity index (χ0v) is 18.0. The van der Waals surface area contributed by atoms with Crippen LogP contribution >= 0.6 is 0 Å². The molecule has 0 saturated carbocycles. The first kappa shape index (κ1) is 22.5. The molecule has 0 radical (unpaired) electrons. The molecule has 31 heavy (non-hydrogen) atoms. The van der Waals surface area contributed by atoms with E-state index < -0.39 is 0 Å². The molecule has 1 saturated heterocycles. The summed E-state index contributed by atoms with van der Waals surface area (Å²) < 4.78 is 0. The Kier molecular flexibility index (Phi) is 8.18. The van der Waals surface area contributed by atoms with Gasteiger partial charge < -0.3 is 20.4 Å². The number of rotatable bonds is 8. The highest BCUT2D eigenvalue weighted by Gasteiger charge is 2.25. The molecule has 164 valence electrons. The molecule has 3 rings (SSSR count). The van der Waals surface area contributed by atoms with Crippen LogP contribution in [0.5, 0.6) is 0 Å². The third-order valence-corrected chi connectivity index (χ3v) is 5.55. The molecule has 7 nitrogen and oxygen atoms in total. The summed E-state index contributed by atoms with van der Waals surface area (Å²) in [4.78, 5) is 39.8. The first-order valence-corrected chi connectivity index (χ1v) is 10.8. The van der Waals surface area contributed by atoms with Gasteiger partial charge in [0, 0.05) is 5.69 Å². The highest BCUT2D eigenvalue weighted by molar-refractivity contribution is 5.92. The predicted molar refractivity (Wildman–Crippen MR) is 120 cm³/mol. The Hall–Kier alpha value is -3.19. The van der Waals surface area contributed by atoms with Crippen molar-refractivity contribution in [1.82, 2.24) is 10.2 Å². The molecule has 0 unspecified atom stereocenters. The van der Waals surface area contributed by atoms with E-state index in [1.807, 2.05) is 54.6 Å². The number of piperazine rings is 1. The molecule has 0 aromatic heterocycles. The van der Waals surface area contributed by atoms with Crippen LogP contribution in [0.15, 0.2) is 54.6 Å². The third kappa shape index (κ3) is 6.93. The first-order chi connectivity index (χ1) is 15.0. The highest BCUT2D eigenvalue weighted by Crippen LogP contribution is 2.14. The molecule has 2 aromatic rings. The second-order valence-corrected chi connectivity index (χ2v) is 7.81. The number of hydrogen-bond acceptors (Lipinski definition) is 3. The molecule has 0 atom stereocenters. The standard InChI is InChI=1S/C24H30N4O3/c1-2-20-10-6-7-11-21(20)26-23(30)18-27-12-14-28(15-13-27)24(31)17-25-22(29)16-19-8-4-3-5-9-19/h3-11H,2,12-18H2,1H3,(H,25,29)(H,26,30)/p+1. The minimum Gasteiger partial charge on any atom is -0.347 e. The average molecular weight is 424 g/mol. The Balaban J connectivity index is 1.37. The highest BCUT2D eigenvalue weighted by atomic mass is 16.2. The van der Waals surface area contributed by atoms with Crippen LogP contribution in [0.1, 0.15) is 18.1 Å². The maximum atomic E-state index is 12.4. The average Bonchev–Trinajstić information content (AvgIpc) is 2.79. The van der Waals surface area contributed by atoms with Crippen LogP contribution in [0, 0.1) is 0 Å². The Bertz CT molecular complexity index is 893. The fourth-order valence-corrected chi connectivity index (χ4v) is 3.75. The zero-order chi connectivity index (χ0) is 22.1. The maximum absolute atomic E-state index is 12.4. The molecule has 1 aliphatic heterocycles. The summed E-state index contributed by atoms with van der Waals surface area (Å²) in [5, 5.41) is 5.72.